The van der Waals surface area contributed by atoms with Gasteiger partial charge in [0, 0.05) is 6.42 Å². The highest BCUT2D eigenvalue weighted by Gasteiger charge is 2.15. The Balaban J connectivity index is 2.51. The molecule has 0 aliphatic rings. The van der Waals surface area contributed by atoms with Crippen LogP contribution in [-0.2, 0) is 12.8 Å². The van der Waals surface area contributed by atoms with Crippen molar-refractivity contribution in [2.45, 2.75) is 26.7 Å². The zero-order valence-electron chi connectivity index (χ0n) is 10.4. The van der Waals surface area contributed by atoms with Crippen LogP contribution >= 0.6 is 0 Å². The predicted octanol–water partition coefficient (Wildman–Crippen LogP) is 2.09. The number of carboxylic acids is 1. The van der Waals surface area contributed by atoms with Crippen molar-refractivity contribution in [1.29, 1.82) is 0 Å². The quantitative estimate of drug-likeness (QED) is 0.895. The molecule has 1 heterocycles. The van der Waals surface area contributed by atoms with E-state index in [9.17, 15) is 4.79 Å². The molecule has 1 aromatic heterocycles. The summed E-state index contributed by atoms with van der Waals surface area (Å²) in [6.07, 6.45) is 1.56. The summed E-state index contributed by atoms with van der Waals surface area (Å²) in [4.78, 5) is 14.9. The molecular weight excluding hydrogens is 230 g/mol. The van der Waals surface area contributed by atoms with E-state index in [1.807, 2.05) is 31.2 Å². The largest absolute Gasteiger partial charge is 0.475 e. The number of hydrogen-bond donors (Lipinski definition) is 1. The third-order valence-electron chi connectivity index (χ3n) is 2.75. The van der Waals surface area contributed by atoms with Crippen LogP contribution in [0.15, 0.2) is 24.3 Å². The summed E-state index contributed by atoms with van der Waals surface area (Å²) in [5.41, 5.74) is 2.04. The molecule has 18 heavy (non-hydrogen) atoms. The SMILES string of the molecule is CCc1cccc(-n2nc(C(=O)O)nc2CC)c1. The molecule has 0 saturated carbocycles. The molecule has 0 spiro atoms. The maximum Gasteiger partial charge on any atom is 0.375 e. The molecule has 0 saturated heterocycles. The first-order valence-electron chi connectivity index (χ1n) is 5.94. The van der Waals surface area contributed by atoms with Crippen LogP contribution in [0.5, 0.6) is 0 Å². The van der Waals surface area contributed by atoms with Gasteiger partial charge in [-0.25, -0.2) is 14.5 Å². The summed E-state index contributed by atoms with van der Waals surface area (Å²) in [5, 5.41) is 13.0. The van der Waals surface area contributed by atoms with Gasteiger partial charge in [-0.05, 0) is 24.1 Å². The van der Waals surface area contributed by atoms with Gasteiger partial charge < -0.3 is 5.11 Å². The second-order valence-electron chi connectivity index (χ2n) is 3.95. The standard InChI is InChI=1S/C13H15N3O2/c1-3-9-6-5-7-10(8-9)16-11(4-2)14-12(15-16)13(17)18/h5-8H,3-4H2,1-2H3,(H,17,18). The number of hydrogen-bond acceptors (Lipinski definition) is 3. The van der Waals surface area contributed by atoms with Crippen LogP contribution in [0.25, 0.3) is 5.69 Å². The predicted molar refractivity (Wildman–Crippen MR) is 67.1 cm³/mol. The van der Waals surface area contributed by atoms with Gasteiger partial charge in [0.25, 0.3) is 5.82 Å². The monoisotopic (exact) mass is 245 g/mol. The molecule has 1 aromatic carbocycles. The summed E-state index contributed by atoms with van der Waals surface area (Å²) in [5.74, 6) is -0.607. The lowest BCUT2D eigenvalue weighted by Gasteiger charge is -2.05. The van der Waals surface area contributed by atoms with E-state index in [0.29, 0.717) is 12.2 Å². The molecule has 0 amide bonds. The van der Waals surface area contributed by atoms with Crippen LogP contribution in [-0.4, -0.2) is 25.8 Å². The van der Waals surface area contributed by atoms with E-state index >= 15 is 0 Å². The van der Waals surface area contributed by atoms with Crippen molar-refractivity contribution >= 4 is 5.97 Å². The van der Waals surface area contributed by atoms with Crippen molar-refractivity contribution in [3.8, 4) is 5.69 Å². The topological polar surface area (TPSA) is 68.0 Å². The maximum atomic E-state index is 10.9. The van der Waals surface area contributed by atoms with Crippen molar-refractivity contribution in [3.05, 3.63) is 41.5 Å². The Morgan fingerprint density at radius 3 is 2.72 bits per heavy atom. The van der Waals surface area contributed by atoms with Gasteiger partial charge in [0.05, 0.1) is 5.69 Å². The third-order valence-corrected chi connectivity index (χ3v) is 2.75. The molecule has 94 valence electrons. The van der Waals surface area contributed by atoms with Crippen LogP contribution in [0.3, 0.4) is 0 Å². The van der Waals surface area contributed by atoms with E-state index in [1.54, 1.807) is 4.68 Å². The molecule has 1 N–H and O–H groups in total. The summed E-state index contributed by atoms with van der Waals surface area (Å²) >= 11 is 0. The number of benzene rings is 1. The van der Waals surface area contributed by atoms with Gasteiger partial charge in [0.1, 0.15) is 5.82 Å². The molecule has 5 nitrogen and oxygen atoms in total. The molecule has 0 atom stereocenters. The zero-order chi connectivity index (χ0) is 13.1. The summed E-state index contributed by atoms with van der Waals surface area (Å²) in [6.45, 7) is 4.00. The molecule has 0 fully saturated rings. The van der Waals surface area contributed by atoms with E-state index in [1.165, 1.54) is 5.56 Å². The normalized spacial score (nSPS) is 10.6. The number of carbonyl (C=O) groups is 1. The van der Waals surface area contributed by atoms with Gasteiger partial charge in [-0.1, -0.05) is 26.0 Å². The lowest BCUT2D eigenvalue weighted by atomic mass is 10.1. The number of carboxylic acid groups (broad SMARTS) is 1. The Hall–Kier alpha value is -2.17. The van der Waals surface area contributed by atoms with E-state index in [4.69, 9.17) is 5.11 Å². The molecule has 0 aliphatic carbocycles. The zero-order valence-corrected chi connectivity index (χ0v) is 10.4. The second kappa shape index (κ2) is 5.00. The Morgan fingerprint density at radius 2 is 2.11 bits per heavy atom. The molecule has 5 heteroatoms. The Kier molecular flexibility index (Phi) is 3.41. The Bertz CT molecular complexity index is 575. The lowest BCUT2D eigenvalue weighted by Crippen LogP contribution is -2.03. The van der Waals surface area contributed by atoms with Crippen molar-refractivity contribution in [1.82, 2.24) is 14.8 Å². The average Bonchev–Trinajstić information content (AvgIpc) is 2.83. The summed E-state index contributed by atoms with van der Waals surface area (Å²) in [6, 6.07) is 7.87. The van der Waals surface area contributed by atoms with Crippen molar-refractivity contribution < 1.29 is 9.90 Å². The van der Waals surface area contributed by atoms with Crippen LogP contribution in [0.2, 0.25) is 0 Å². The fourth-order valence-electron chi connectivity index (χ4n) is 1.78. The van der Waals surface area contributed by atoms with Gasteiger partial charge >= 0.3 is 5.97 Å². The average molecular weight is 245 g/mol. The van der Waals surface area contributed by atoms with E-state index in [-0.39, 0.29) is 5.82 Å². The Labute approximate surface area is 105 Å². The number of aromatic nitrogens is 3. The van der Waals surface area contributed by atoms with Gasteiger partial charge in [-0.15, -0.1) is 5.10 Å². The second-order valence-corrected chi connectivity index (χ2v) is 3.95. The molecule has 0 unspecified atom stereocenters. The molecule has 0 bridgehead atoms. The van der Waals surface area contributed by atoms with Gasteiger partial charge in [-0.3, -0.25) is 0 Å². The van der Waals surface area contributed by atoms with Crippen LogP contribution in [0.1, 0.15) is 35.9 Å². The van der Waals surface area contributed by atoms with Crippen molar-refractivity contribution in [2.75, 3.05) is 0 Å². The van der Waals surface area contributed by atoms with Gasteiger partial charge in [0.15, 0.2) is 0 Å². The first-order chi connectivity index (χ1) is 8.65. The fraction of sp³-hybridized carbons (Fsp3) is 0.308. The van der Waals surface area contributed by atoms with E-state index in [0.717, 1.165) is 12.1 Å². The van der Waals surface area contributed by atoms with Crippen LogP contribution in [0.4, 0.5) is 0 Å². The van der Waals surface area contributed by atoms with Crippen LogP contribution < -0.4 is 0 Å². The Morgan fingerprint density at radius 1 is 1.33 bits per heavy atom. The highest BCUT2D eigenvalue weighted by Crippen LogP contribution is 2.13. The minimum Gasteiger partial charge on any atom is -0.475 e. The highest BCUT2D eigenvalue weighted by molar-refractivity contribution is 5.83. The molecule has 0 aliphatic heterocycles. The summed E-state index contributed by atoms with van der Waals surface area (Å²) < 4.78 is 1.60. The fourth-order valence-corrected chi connectivity index (χ4v) is 1.78. The van der Waals surface area contributed by atoms with Crippen LogP contribution in [0, 0.1) is 0 Å². The highest BCUT2D eigenvalue weighted by atomic mass is 16.4. The van der Waals surface area contributed by atoms with E-state index < -0.39 is 5.97 Å². The number of aromatic carboxylic acids is 1. The number of nitrogens with zero attached hydrogens (tertiary/aromatic N) is 3. The first-order valence-corrected chi connectivity index (χ1v) is 5.94. The lowest BCUT2D eigenvalue weighted by molar-refractivity contribution is 0.0683. The molecule has 2 aromatic rings. The minimum absolute atomic E-state index is 0.159. The number of aryl methyl sites for hydroxylation is 2. The van der Waals surface area contributed by atoms with E-state index in [2.05, 4.69) is 17.0 Å². The third kappa shape index (κ3) is 2.25. The maximum absolute atomic E-state index is 10.9. The van der Waals surface area contributed by atoms with Crippen molar-refractivity contribution in [3.63, 3.8) is 0 Å². The van der Waals surface area contributed by atoms with Gasteiger partial charge in [0.2, 0.25) is 0 Å². The smallest absolute Gasteiger partial charge is 0.375 e. The van der Waals surface area contributed by atoms with Gasteiger partial charge in [-0.2, -0.15) is 0 Å². The number of rotatable bonds is 4. The molecule has 0 radical (unpaired) electrons. The minimum atomic E-state index is -1.10. The first kappa shape index (κ1) is 12.3. The summed E-state index contributed by atoms with van der Waals surface area (Å²) in [7, 11) is 0. The van der Waals surface area contributed by atoms with Crippen molar-refractivity contribution in [2.24, 2.45) is 0 Å². The molecular formula is C13H15N3O2. The molecule has 2 rings (SSSR count).